The van der Waals surface area contributed by atoms with Crippen LogP contribution in [0.2, 0.25) is 0 Å². The molecular weight excluding hydrogens is 731 g/mol. The minimum Gasteiger partial charge on any atom is -0.485 e. The van der Waals surface area contributed by atoms with Gasteiger partial charge in [0.25, 0.3) is 0 Å². The average Bonchev–Trinajstić information content (AvgIpc) is 3.61. The predicted molar refractivity (Wildman–Crippen MR) is 242 cm³/mol. The zero-order valence-corrected chi connectivity index (χ0v) is 32.6. The molecule has 4 heteroatoms. The highest BCUT2D eigenvalue weighted by molar-refractivity contribution is 5.96. The van der Waals surface area contributed by atoms with Gasteiger partial charge in [0.15, 0.2) is 5.82 Å². The molecule has 12 rings (SSSR count). The van der Waals surface area contributed by atoms with E-state index in [2.05, 4.69) is 176 Å². The summed E-state index contributed by atoms with van der Waals surface area (Å²) in [5, 5.41) is 1.13. The SMILES string of the molecule is C1=CC2Oc3ccccc3C3(c4cc(-c5cc(-c6ccc(-c7ccccc7)cc6)nc(-c6ccccc6)n5)ccc4-c4ccc(-c5cccc6cccnc56)cc43)C2C=C1. The number of ether oxygens (including phenoxy) is 1. The molecule has 0 fully saturated rings. The minimum atomic E-state index is -0.555. The van der Waals surface area contributed by atoms with Gasteiger partial charge in [-0.15, -0.1) is 0 Å². The topological polar surface area (TPSA) is 47.9 Å². The lowest BCUT2D eigenvalue weighted by Crippen LogP contribution is -2.47. The monoisotopic (exact) mass is 767 g/mol. The summed E-state index contributed by atoms with van der Waals surface area (Å²) < 4.78 is 6.84. The van der Waals surface area contributed by atoms with Gasteiger partial charge in [0.05, 0.1) is 22.3 Å². The Kier molecular flexibility index (Phi) is 7.85. The molecule has 2 aliphatic carbocycles. The number of aromatic nitrogens is 3. The number of hydrogen-bond donors (Lipinski definition) is 0. The first kappa shape index (κ1) is 34.4. The van der Waals surface area contributed by atoms with Crippen LogP contribution in [0, 0.1) is 5.92 Å². The molecular formula is C56H37N3O. The molecule has 3 aliphatic rings. The highest BCUT2D eigenvalue weighted by Gasteiger charge is 2.56. The molecule has 0 amide bonds. The van der Waals surface area contributed by atoms with E-state index in [-0.39, 0.29) is 12.0 Å². The molecule has 3 unspecified atom stereocenters. The summed E-state index contributed by atoms with van der Waals surface area (Å²) >= 11 is 0. The van der Waals surface area contributed by atoms with E-state index in [4.69, 9.17) is 19.7 Å². The van der Waals surface area contributed by atoms with Crippen molar-refractivity contribution in [2.75, 3.05) is 0 Å². The van der Waals surface area contributed by atoms with Crippen LogP contribution in [0.25, 0.3) is 78.2 Å². The fraction of sp³-hybridized carbons (Fsp3) is 0.0536. The minimum absolute atomic E-state index is 0.00230. The molecule has 0 saturated heterocycles. The zero-order chi connectivity index (χ0) is 39.6. The van der Waals surface area contributed by atoms with E-state index < -0.39 is 5.41 Å². The van der Waals surface area contributed by atoms with Crippen molar-refractivity contribution in [2.45, 2.75) is 11.5 Å². The fourth-order valence-electron chi connectivity index (χ4n) is 9.90. The van der Waals surface area contributed by atoms with Crippen LogP contribution in [0.1, 0.15) is 16.7 Å². The molecule has 282 valence electrons. The molecule has 7 aromatic carbocycles. The summed E-state index contributed by atoms with van der Waals surface area (Å²) in [7, 11) is 0. The normalized spacial score (nSPS) is 18.1. The molecule has 0 N–H and O–H groups in total. The zero-order valence-electron chi connectivity index (χ0n) is 32.6. The third-order valence-electron chi connectivity index (χ3n) is 12.6. The van der Waals surface area contributed by atoms with Crippen molar-refractivity contribution in [1.29, 1.82) is 0 Å². The van der Waals surface area contributed by atoms with Crippen molar-refractivity contribution in [3.63, 3.8) is 0 Å². The molecule has 2 aromatic heterocycles. The van der Waals surface area contributed by atoms with Gasteiger partial charge in [0, 0.05) is 45.3 Å². The second-order valence-electron chi connectivity index (χ2n) is 15.9. The Morgan fingerprint density at radius 3 is 1.85 bits per heavy atom. The lowest BCUT2D eigenvalue weighted by Gasteiger charge is -2.47. The van der Waals surface area contributed by atoms with Crippen molar-refractivity contribution in [3.05, 3.63) is 229 Å². The van der Waals surface area contributed by atoms with E-state index >= 15 is 0 Å². The van der Waals surface area contributed by atoms with Crippen LogP contribution in [0.3, 0.4) is 0 Å². The lowest BCUT2D eigenvalue weighted by molar-refractivity contribution is 0.141. The quantitative estimate of drug-likeness (QED) is 0.175. The van der Waals surface area contributed by atoms with Crippen molar-refractivity contribution in [3.8, 4) is 73.0 Å². The molecule has 3 atom stereocenters. The smallest absolute Gasteiger partial charge is 0.160 e. The average molecular weight is 768 g/mol. The number of pyridine rings is 1. The van der Waals surface area contributed by atoms with Crippen LogP contribution in [0.15, 0.2) is 212 Å². The van der Waals surface area contributed by atoms with Gasteiger partial charge in [0.2, 0.25) is 0 Å². The molecule has 60 heavy (non-hydrogen) atoms. The maximum absolute atomic E-state index is 6.84. The number of rotatable bonds is 5. The summed E-state index contributed by atoms with van der Waals surface area (Å²) in [5.74, 6) is 1.60. The maximum Gasteiger partial charge on any atom is 0.160 e. The summed E-state index contributed by atoms with van der Waals surface area (Å²) in [5.41, 5.74) is 16.0. The Balaban J connectivity index is 1.08. The summed E-state index contributed by atoms with van der Waals surface area (Å²) in [4.78, 5) is 15.4. The van der Waals surface area contributed by atoms with E-state index in [9.17, 15) is 0 Å². The number of nitrogens with zero attached hydrogens (tertiary/aromatic N) is 3. The molecule has 4 nitrogen and oxygen atoms in total. The molecule has 0 radical (unpaired) electrons. The summed E-state index contributed by atoms with van der Waals surface area (Å²) in [6.07, 6.45) is 10.6. The van der Waals surface area contributed by atoms with Crippen LogP contribution in [-0.2, 0) is 5.41 Å². The van der Waals surface area contributed by atoms with Crippen molar-refractivity contribution in [1.82, 2.24) is 15.0 Å². The Hall–Kier alpha value is -7.69. The van der Waals surface area contributed by atoms with Gasteiger partial charge in [0.1, 0.15) is 11.9 Å². The summed E-state index contributed by atoms with van der Waals surface area (Å²) in [6, 6.07) is 64.8. The van der Waals surface area contributed by atoms with Gasteiger partial charge in [-0.2, -0.15) is 0 Å². The molecule has 0 bridgehead atoms. The van der Waals surface area contributed by atoms with Crippen LogP contribution in [-0.4, -0.2) is 21.1 Å². The predicted octanol–water partition coefficient (Wildman–Crippen LogP) is 13.2. The second-order valence-corrected chi connectivity index (χ2v) is 15.9. The van der Waals surface area contributed by atoms with Gasteiger partial charge in [-0.05, 0) is 75.4 Å². The van der Waals surface area contributed by atoms with Crippen LogP contribution < -0.4 is 4.74 Å². The highest BCUT2D eigenvalue weighted by atomic mass is 16.5. The van der Waals surface area contributed by atoms with Gasteiger partial charge in [-0.25, -0.2) is 9.97 Å². The van der Waals surface area contributed by atoms with Crippen molar-refractivity contribution < 1.29 is 4.74 Å². The first-order valence-corrected chi connectivity index (χ1v) is 20.6. The van der Waals surface area contributed by atoms with Crippen molar-refractivity contribution >= 4 is 10.9 Å². The van der Waals surface area contributed by atoms with E-state index in [1.54, 1.807) is 0 Å². The maximum atomic E-state index is 6.84. The van der Waals surface area contributed by atoms with Crippen LogP contribution >= 0.6 is 0 Å². The Morgan fingerprint density at radius 1 is 0.433 bits per heavy atom. The van der Waals surface area contributed by atoms with E-state index in [0.717, 1.165) is 55.9 Å². The number of benzene rings is 7. The van der Waals surface area contributed by atoms with Crippen molar-refractivity contribution in [2.24, 2.45) is 5.92 Å². The standard InChI is InChI=1S/C56H37N3O/c1-3-13-36(14-4-1)37-24-26-38(27-25-37)50-35-51(59-55(58-50)40-15-5-2-6-16-40)42-29-31-45-44-30-28-41(43-19-11-17-39-18-12-32-57-54(39)43)33-48(44)56(49(45)34-42)46-20-7-9-22-52(46)60-53-23-10-8-21-47(53)56/h1-35,46,52H. The summed E-state index contributed by atoms with van der Waals surface area (Å²) in [6.45, 7) is 0. The first-order valence-electron chi connectivity index (χ1n) is 20.6. The largest absolute Gasteiger partial charge is 0.485 e. The number of allylic oxidation sites excluding steroid dienone is 2. The Labute approximate surface area is 348 Å². The molecule has 3 heterocycles. The molecule has 0 saturated carbocycles. The number of hydrogen-bond acceptors (Lipinski definition) is 4. The Bertz CT molecular complexity index is 3180. The third-order valence-corrected chi connectivity index (χ3v) is 12.6. The lowest BCUT2D eigenvalue weighted by atomic mass is 9.60. The fourth-order valence-corrected chi connectivity index (χ4v) is 9.90. The molecule has 9 aromatic rings. The van der Waals surface area contributed by atoms with E-state index in [0.29, 0.717) is 5.82 Å². The van der Waals surface area contributed by atoms with Crippen LogP contribution in [0.4, 0.5) is 0 Å². The van der Waals surface area contributed by atoms with E-state index in [1.165, 1.54) is 38.9 Å². The van der Waals surface area contributed by atoms with E-state index in [1.807, 2.05) is 36.5 Å². The van der Waals surface area contributed by atoms with Gasteiger partial charge in [-0.1, -0.05) is 170 Å². The molecule has 1 aliphatic heterocycles. The first-order chi connectivity index (χ1) is 29.7. The third kappa shape index (κ3) is 5.34. The van der Waals surface area contributed by atoms with Gasteiger partial charge < -0.3 is 4.74 Å². The number of para-hydroxylation sites is 2. The second kappa shape index (κ2) is 13.7. The van der Waals surface area contributed by atoms with Gasteiger partial charge >= 0.3 is 0 Å². The van der Waals surface area contributed by atoms with Gasteiger partial charge in [-0.3, -0.25) is 4.98 Å². The molecule has 1 spiro atoms. The number of fused-ring (bicyclic) bond motifs is 10. The Morgan fingerprint density at radius 2 is 1.05 bits per heavy atom. The van der Waals surface area contributed by atoms with Crippen LogP contribution in [0.5, 0.6) is 5.75 Å². The highest BCUT2D eigenvalue weighted by Crippen LogP contribution is 2.62.